The Labute approximate surface area is 73.0 Å². The van der Waals surface area contributed by atoms with Crippen LogP contribution in [-0.2, 0) is 0 Å². The van der Waals surface area contributed by atoms with Gasteiger partial charge < -0.3 is 4.98 Å². The number of nitrogens with one attached hydrogen (secondary N) is 1. The summed E-state index contributed by atoms with van der Waals surface area (Å²) in [6.07, 6.45) is 7.37. The van der Waals surface area contributed by atoms with Crippen LogP contribution in [0.2, 0.25) is 0 Å². The first-order chi connectivity index (χ1) is 5.74. The highest BCUT2D eigenvalue weighted by molar-refractivity contribution is 5.42. The van der Waals surface area contributed by atoms with Crippen molar-refractivity contribution in [2.75, 3.05) is 0 Å². The van der Waals surface area contributed by atoms with Crippen LogP contribution in [0.25, 0.3) is 6.08 Å². The molecule has 0 aliphatic rings. The van der Waals surface area contributed by atoms with Crippen molar-refractivity contribution in [2.24, 2.45) is 0 Å². The second kappa shape index (κ2) is 3.90. The van der Waals surface area contributed by atoms with Gasteiger partial charge in [-0.1, -0.05) is 32.6 Å². The molecule has 1 rings (SSSR count). The number of nitrogens with zero attached hydrogens (tertiary/aromatic N) is 1. The third kappa shape index (κ3) is 2.09. The molecule has 0 saturated carbocycles. The lowest BCUT2D eigenvalue weighted by molar-refractivity contribution is 0.831. The van der Waals surface area contributed by atoms with E-state index >= 15 is 0 Å². The summed E-state index contributed by atoms with van der Waals surface area (Å²) in [6.45, 7) is 7.86. The molecule has 0 spiro atoms. The van der Waals surface area contributed by atoms with Crippen molar-refractivity contribution >= 4 is 6.08 Å². The number of hydrogen-bond donors (Lipinski definition) is 1. The molecule has 1 aromatic heterocycles. The Morgan fingerprint density at radius 1 is 1.58 bits per heavy atom. The van der Waals surface area contributed by atoms with Gasteiger partial charge >= 0.3 is 0 Å². The molecule has 1 heterocycles. The topological polar surface area (TPSA) is 28.7 Å². The van der Waals surface area contributed by atoms with Gasteiger partial charge in [0.25, 0.3) is 0 Å². The Kier molecular flexibility index (Phi) is 2.86. The number of rotatable bonds is 3. The molecule has 0 fully saturated rings. The van der Waals surface area contributed by atoms with Crippen molar-refractivity contribution in [3.63, 3.8) is 0 Å². The maximum atomic E-state index is 4.18. The Morgan fingerprint density at radius 3 is 2.83 bits per heavy atom. The first kappa shape index (κ1) is 8.78. The van der Waals surface area contributed by atoms with Gasteiger partial charge in [0.1, 0.15) is 5.82 Å². The van der Waals surface area contributed by atoms with Crippen LogP contribution in [0.15, 0.2) is 24.9 Å². The SMILES string of the molecule is C=C/C=C\c1ncc(C(C)C)[nH]1. The lowest BCUT2D eigenvalue weighted by Gasteiger charge is -1.96. The summed E-state index contributed by atoms with van der Waals surface area (Å²) in [5, 5.41) is 0. The van der Waals surface area contributed by atoms with E-state index in [2.05, 4.69) is 30.4 Å². The number of allylic oxidation sites excluding steroid dienone is 2. The highest BCUT2D eigenvalue weighted by Crippen LogP contribution is 2.11. The number of aromatic nitrogens is 2. The first-order valence-electron chi connectivity index (χ1n) is 4.08. The molecule has 0 atom stereocenters. The minimum absolute atomic E-state index is 0.503. The summed E-state index contributed by atoms with van der Waals surface area (Å²) >= 11 is 0. The van der Waals surface area contributed by atoms with Crippen molar-refractivity contribution in [1.82, 2.24) is 9.97 Å². The molecule has 1 N–H and O–H groups in total. The Balaban J connectivity index is 2.77. The number of imidazole rings is 1. The molecule has 0 aromatic carbocycles. The predicted molar refractivity (Wildman–Crippen MR) is 51.9 cm³/mol. The average molecular weight is 162 g/mol. The van der Waals surface area contributed by atoms with Gasteiger partial charge in [-0.3, -0.25) is 0 Å². The van der Waals surface area contributed by atoms with Crippen LogP contribution in [-0.4, -0.2) is 9.97 Å². The monoisotopic (exact) mass is 162 g/mol. The molecule has 0 aliphatic heterocycles. The molecule has 2 heteroatoms. The molecular formula is C10H14N2. The standard InChI is InChI=1S/C10H14N2/c1-4-5-6-10-11-7-9(12-10)8(2)3/h4-8H,1H2,2-3H3,(H,11,12)/b6-5-. The molecule has 0 radical (unpaired) electrons. The quantitative estimate of drug-likeness (QED) is 0.680. The normalized spacial score (nSPS) is 11.2. The van der Waals surface area contributed by atoms with Crippen LogP contribution in [0.5, 0.6) is 0 Å². The van der Waals surface area contributed by atoms with Crippen molar-refractivity contribution < 1.29 is 0 Å². The number of aromatic amines is 1. The maximum Gasteiger partial charge on any atom is 0.130 e. The molecule has 0 amide bonds. The zero-order valence-electron chi connectivity index (χ0n) is 7.54. The van der Waals surface area contributed by atoms with E-state index in [-0.39, 0.29) is 0 Å². The van der Waals surface area contributed by atoms with Crippen molar-refractivity contribution in [1.29, 1.82) is 0 Å². The zero-order valence-corrected chi connectivity index (χ0v) is 7.54. The highest BCUT2D eigenvalue weighted by atomic mass is 14.9. The Bertz CT molecular complexity index is 282. The zero-order chi connectivity index (χ0) is 8.97. The van der Waals surface area contributed by atoms with Gasteiger partial charge in [0, 0.05) is 11.9 Å². The fourth-order valence-electron chi connectivity index (χ4n) is 0.889. The number of hydrogen-bond acceptors (Lipinski definition) is 1. The van der Waals surface area contributed by atoms with Crippen LogP contribution in [0, 0.1) is 0 Å². The number of H-pyrrole nitrogens is 1. The molecular weight excluding hydrogens is 148 g/mol. The fourth-order valence-corrected chi connectivity index (χ4v) is 0.889. The maximum absolute atomic E-state index is 4.18. The average Bonchev–Trinajstić information content (AvgIpc) is 2.48. The van der Waals surface area contributed by atoms with Gasteiger partial charge in [0.15, 0.2) is 0 Å². The Hall–Kier alpha value is -1.31. The highest BCUT2D eigenvalue weighted by Gasteiger charge is 2.00. The first-order valence-corrected chi connectivity index (χ1v) is 4.08. The van der Waals surface area contributed by atoms with E-state index in [0.717, 1.165) is 5.82 Å². The van der Waals surface area contributed by atoms with Crippen molar-refractivity contribution in [3.05, 3.63) is 36.4 Å². The van der Waals surface area contributed by atoms with Crippen molar-refractivity contribution in [2.45, 2.75) is 19.8 Å². The van der Waals surface area contributed by atoms with Gasteiger partial charge in [-0.05, 0) is 12.0 Å². The molecule has 0 unspecified atom stereocenters. The third-order valence-corrected chi connectivity index (χ3v) is 1.63. The molecule has 0 aliphatic carbocycles. The second-order valence-corrected chi connectivity index (χ2v) is 2.97. The van der Waals surface area contributed by atoms with Crippen molar-refractivity contribution in [3.8, 4) is 0 Å². The van der Waals surface area contributed by atoms with E-state index in [9.17, 15) is 0 Å². The minimum Gasteiger partial charge on any atom is -0.342 e. The predicted octanol–water partition coefficient (Wildman–Crippen LogP) is 2.73. The lowest BCUT2D eigenvalue weighted by atomic mass is 10.2. The van der Waals surface area contributed by atoms with Gasteiger partial charge in [-0.15, -0.1) is 0 Å². The van der Waals surface area contributed by atoms with E-state index in [1.807, 2.05) is 18.3 Å². The molecule has 0 bridgehead atoms. The summed E-state index contributed by atoms with van der Waals surface area (Å²) in [6, 6.07) is 0. The second-order valence-electron chi connectivity index (χ2n) is 2.97. The smallest absolute Gasteiger partial charge is 0.130 e. The van der Waals surface area contributed by atoms with Gasteiger partial charge in [-0.25, -0.2) is 4.98 Å². The fraction of sp³-hybridized carbons (Fsp3) is 0.300. The van der Waals surface area contributed by atoms with Gasteiger partial charge in [0.2, 0.25) is 0 Å². The van der Waals surface area contributed by atoms with Crippen LogP contribution >= 0.6 is 0 Å². The summed E-state index contributed by atoms with van der Waals surface area (Å²) in [4.78, 5) is 7.39. The summed E-state index contributed by atoms with van der Waals surface area (Å²) in [5.41, 5.74) is 1.17. The lowest BCUT2D eigenvalue weighted by Crippen LogP contribution is -1.85. The third-order valence-electron chi connectivity index (χ3n) is 1.63. The Morgan fingerprint density at radius 2 is 2.33 bits per heavy atom. The van der Waals surface area contributed by atoms with E-state index < -0.39 is 0 Å². The van der Waals surface area contributed by atoms with Crippen LogP contribution in [0.4, 0.5) is 0 Å². The largest absolute Gasteiger partial charge is 0.342 e. The van der Waals surface area contributed by atoms with E-state index in [4.69, 9.17) is 0 Å². The van der Waals surface area contributed by atoms with E-state index in [1.165, 1.54) is 5.69 Å². The molecule has 1 aromatic rings. The van der Waals surface area contributed by atoms with E-state index in [0.29, 0.717) is 5.92 Å². The van der Waals surface area contributed by atoms with Crippen LogP contribution in [0.3, 0.4) is 0 Å². The molecule has 64 valence electrons. The summed E-state index contributed by atoms with van der Waals surface area (Å²) < 4.78 is 0. The molecule has 0 saturated heterocycles. The van der Waals surface area contributed by atoms with E-state index in [1.54, 1.807) is 6.08 Å². The minimum atomic E-state index is 0.503. The summed E-state index contributed by atoms with van der Waals surface area (Å²) in [5.74, 6) is 1.39. The summed E-state index contributed by atoms with van der Waals surface area (Å²) in [7, 11) is 0. The van der Waals surface area contributed by atoms with Crippen LogP contribution < -0.4 is 0 Å². The van der Waals surface area contributed by atoms with Gasteiger partial charge in [0.05, 0.1) is 0 Å². The van der Waals surface area contributed by atoms with Gasteiger partial charge in [-0.2, -0.15) is 0 Å². The molecule has 12 heavy (non-hydrogen) atoms. The van der Waals surface area contributed by atoms with Crippen LogP contribution in [0.1, 0.15) is 31.3 Å². The molecule has 2 nitrogen and oxygen atoms in total.